The Hall–Kier alpha value is -3.19. The van der Waals surface area contributed by atoms with Gasteiger partial charge in [0.15, 0.2) is 0 Å². The number of hydrogen-bond acceptors (Lipinski definition) is 5. The number of nitrogens with zero attached hydrogens (tertiary/aromatic N) is 4. The van der Waals surface area contributed by atoms with Crippen molar-refractivity contribution in [2.45, 2.75) is 19.5 Å². The average molecular weight is 406 g/mol. The number of aryl methyl sites for hydroxylation is 1. The van der Waals surface area contributed by atoms with E-state index in [1.54, 1.807) is 22.4 Å². The molecule has 0 aliphatic carbocycles. The van der Waals surface area contributed by atoms with Crippen molar-refractivity contribution in [1.29, 1.82) is 0 Å². The molecule has 148 valence electrons. The van der Waals surface area contributed by atoms with E-state index in [1.807, 2.05) is 68.9 Å². The Kier molecular flexibility index (Phi) is 5.31. The zero-order valence-corrected chi connectivity index (χ0v) is 17.5. The number of rotatable bonds is 6. The van der Waals surface area contributed by atoms with E-state index in [4.69, 9.17) is 0 Å². The van der Waals surface area contributed by atoms with Crippen LogP contribution in [-0.2, 0) is 13.6 Å². The van der Waals surface area contributed by atoms with E-state index < -0.39 is 0 Å². The lowest BCUT2D eigenvalue weighted by atomic mass is 10.1. The zero-order valence-electron chi connectivity index (χ0n) is 16.7. The Labute approximate surface area is 173 Å². The predicted octanol–water partition coefficient (Wildman–Crippen LogP) is 4.48. The number of imidazole rings is 1. The molecule has 6 nitrogen and oxygen atoms in total. The molecule has 29 heavy (non-hydrogen) atoms. The third-order valence-electron chi connectivity index (χ3n) is 5.17. The molecule has 0 unspecified atom stereocenters. The lowest BCUT2D eigenvalue weighted by molar-refractivity contribution is 0.0742. The van der Waals surface area contributed by atoms with Crippen LogP contribution in [0.4, 0.5) is 5.69 Å². The van der Waals surface area contributed by atoms with Crippen LogP contribution in [0.2, 0.25) is 0 Å². The van der Waals surface area contributed by atoms with Gasteiger partial charge in [0, 0.05) is 36.9 Å². The number of thiazole rings is 1. The van der Waals surface area contributed by atoms with Crippen molar-refractivity contribution in [3.63, 3.8) is 0 Å². The molecule has 0 bridgehead atoms. The molecular formula is C22H23N5OS. The number of para-hydroxylation sites is 2. The van der Waals surface area contributed by atoms with Crippen LogP contribution in [-0.4, -0.2) is 32.4 Å². The second-order valence-electron chi connectivity index (χ2n) is 6.97. The van der Waals surface area contributed by atoms with Gasteiger partial charge in [-0.15, -0.1) is 11.3 Å². The van der Waals surface area contributed by atoms with E-state index in [-0.39, 0.29) is 11.9 Å². The van der Waals surface area contributed by atoms with Gasteiger partial charge in [0.2, 0.25) is 0 Å². The third kappa shape index (κ3) is 3.86. The molecule has 0 fully saturated rings. The molecule has 2 heterocycles. The van der Waals surface area contributed by atoms with Crippen molar-refractivity contribution in [3.8, 4) is 0 Å². The van der Waals surface area contributed by atoms with Crippen molar-refractivity contribution < 1.29 is 4.79 Å². The Morgan fingerprint density at radius 1 is 1.21 bits per heavy atom. The monoisotopic (exact) mass is 405 g/mol. The molecule has 0 aliphatic rings. The Bertz CT molecular complexity index is 1120. The molecule has 7 heteroatoms. The first-order chi connectivity index (χ1) is 14.0. The highest BCUT2D eigenvalue weighted by Crippen LogP contribution is 2.23. The normalized spacial score (nSPS) is 12.1. The summed E-state index contributed by atoms with van der Waals surface area (Å²) in [6, 6.07) is 15.6. The lowest BCUT2D eigenvalue weighted by Gasteiger charge is -2.23. The van der Waals surface area contributed by atoms with Gasteiger partial charge in [-0.05, 0) is 43.3 Å². The number of hydrogen-bond donors (Lipinski definition) is 1. The summed E-state index contributed by atoms with van der Waals surface area (Å²) in [4.78, 5) is 23.5. The van der Waals surface area contributed by atoms with Gasteiger partial charge in [-0.25, -0.2) is 9.97 Å². The number of amides is 1. The van der Waals surface area contributed by atoms with Gasteiger partial charge in [0.1, 0.15) is 10.8 Å². The zero-order chi connectivity index (χ0) is 20.4. The van der Waals surface area contributed by atoms with Crippen molar-refractivity contribution >= 4 is 34.0 Å². The number of carbonyl (C=O) groups excluding carboxylic acids is 1. The van der Waals surface area contributed by atoms with E-state index in [0.717, 1.165) is 27.6 Å². The van der Waals surface area contributed by atoms with Crippen molar-refractivity contribution in [1.82, 2.24) is 19.4 Å². The van der Waals surface area contributed by atoms with Gasteiger partial charge >= 0.3 is 0 Å². The summed E-state index contributed by atoms with van der Waals surface area (Å²) in [6.07, 6.45) is 1.76. The Morgan fingerprint density at radius 3 is 2.66 bits per heavy atom. The topological polar surface area (TPSA) is 63.1 Å². The van der Waals surface area contributed by atoms with Gasteiger partial charge in [0.25, 0.3) is 5.91 Å². The maximum Gasteiger partial charge on any atom is 0.254 e. The maximum atomic E-state index is 12.8. The predicted molar refractivity (Wildman–Crippen MR) is 117 cm³/mol. The fourth-order valence-corrected chi connectivity index (χ4v) is 3.99. The quantitative estimate of drug-likeness (QED) is 0.514. The fraction of sp³-hybridized carbons (Fsp3) is 0.227. The molecule has 4 aromatic rings. The minimum atomic E-state index is -0.0575. The smallest absolute Gasteiger partial charge is 0.254 e. The van der Waals surface area contributed by atoms with Gasteiger partial charge < -0.3 is 14.8 Å². The minimum Gasteiger partial charge on any atom is -0.378 e. The van der Waals surface area contributed by atoms with E-state index in [1.165, 1.54) is 0 Å². The first-order valence-corrected chi connectivity index (χ1v) is 10.3. The van der Waals surface area contributed by atoms with Crippen molar-refractivity contribution in [3.05, 3.63) is 76.5 Å². The molecule has 1 amide bonds. The van der Waals surface area contributed by atoms with Gasteiger partial charge in [-0.2, -0.15) is 0 Å². The number of fused-ring (bicyclic) bond motifs is 1. The average Bonchev–Trinajstić information content (AvgIpc) is 3.40. The molecule has 4 rings (SSSR count). The number of nitrogens with one attached hydrogen (secondary N) is 1. The summed E-state index contributed by atoms with van der Waals surface area (Å²) in [5.74, 6) is 0.943. The molecule has 0 saturated heterocycles. The summed E-state index contributed by atoms with van der Waals surface area (Å²) in [5, 5.41) is 6.24. The largest absolute Gasteiger partial charge is 0.378 e. The molecule has 0 saturated carbocycles. The van der Waals surface area contributed by atoms with Crippen molar-refractivity contribution in [2.75, 3.05) is 12.4 Å². The van der Waals surface area contributed by atoms with Crippen LogP contribution >= 0.6 is 11.3 Å². The van der Waals surface area contributed by atoms with Crippen LogP contribution in [0.5, 0.6) is 0 Å². The van der Waals surface area contributed by atoms with Crippen LogP contribution in [0, 0.1) is 0 Å². The second kappa shape index (κ2) is 8.05. The number of aromatic nitrogens is 3. The highest BCUT2D eigenvalue weighted by Gasteiger charge is 2.20. The highest BCUT2D eigenvalue weighted by atomic mass is 32.1. The van der Waals surface area contributed by atoms with E-state index in [9.17, 15) is 4.79 Å². The van der Waals surface area contributed by atoms with Gasteiger partial charge in [0.05, 0.1) is 23.6 Å². The Balaban J connectivity index is 1.42. The molecule has 0 radical (unpaired) electrons. The fourth-order valence-electron chi connectivity index (χ4n) is 3.25. The second-order valence-corrected chi connectivity index (χ2v) is 7.90. The standard InChI is InChI=1S/C22H23N5OS/c1-15(21-23-12-13-29-21)26(2)22(28)16-8-10-17(11-9-16)24-14-20-25-18-6-4-5-7-19(18)27(20)3/h4-13,15,24H,14H2,1-3H3/t15-/m0/s1. The molecule has 0 aliphatic heterocycles. The van der Waals surface area contributed by atoms with E-state index in [2.05, 4.69) is 25.9 Å². The first-order valence-electron chi connectivity index (χ1n) is 9.45. The minimum absolute atomic E-state index is 0.0189. The van der Waals surface area contributed by atoms with Gasteiger partial charge in [-0.3, -0.25) is 4.79 Å². The van der Waals surface area contributed by atoms with Crippen LogP contribution in [0.1, 0.15) is 34.2 Å². The third-order valence-corrected chi connectivity index (χ3v) is 6.12. The van der Waals surface area contributed by atoms with Gasteiger partial charge in [-0.1, -0.05) is 12.1 Å². The molecule has 1 N–H and O–H groups in total. The molecule has 2 aromatic heterocycles. The molecular weight excluding hydrogens is 382 g/mol. The van der Waals surface area contributed by atoms with Crippen LogP contribution < -0.4 is 5.32 Å². The summed E-state index contributed by atoms with van der Waals surface area (Å²) in [7, 11) is 3.83. The van der Waals surface area contributed by atoms with Crippen LogP contribution in [0.25, 0.3) is 11.0 Å². The summed E-state index contributed by atoms with van der Waals surface area (Å²) in [6.45, 7) is 2.60. The Morgan fingerprint density at radius 2 is 1.97 bits per heavy atom. The van der Waals surface area contributed by atoms with Crippen molar-refractivity contribution in [2.24, 2.45) is 7.05 Å². The number of carbonyl (C=O) groups is 1. The summed E-state index contributed by atoms with van der Waals surface area (Å²) < 4.78 is 2.09. The van der Waals surface area contributed by atoms with E-state index >= 15 is 0 Å². The highest BCUT2D eigenvalue weighted by molar-refractivity contribution is 7.09. The first kappa shape index (κ1) is 19.1. The summed E-state index contributed by atoms with van der Waals surface area (Å²) in [5.41, 5.74) is 3.71. The number of benzene rings is 2. The molecule has 2 aromatic carbocycles. The molecule has 1 atom stereocenters. The number of anilines is 1. The lowest BCUT2D eigenvalue weighted by Crippen LogP contribution is -2.29. The molecule has 0 spiro atoms. The van der Waals surface area contributed by atoms with Crippen LogP contribution in [0.15, 0.2) is 60.1 Å². The van der Waals surface area contributed by atoms with Crippen LogP contribution in [0.3, 0.4) is 0 Å². The summed E-state index contributed by atoms with van der Waals surface area (Å²) >= 11 is 1.56. The maximum absolute atomic E-state index is 12.8. The van der Waals surface area contributed by atoms with E-state index in [0.29, 0.717) is 12.1 Å². The SMILES string of the molecule is C[C@@H](c1nccs1)N(C)C(=O)c1ccc(NCc2nc3ccccc3n2C)cc1.